The van der Waals surface area contributed by atoms with Gasteiger partial charge in [-0.3, -0.25) is 0 Å². The second-order valence-electron chi connectivity index (χ2n) is 5.25. The molecule has 1 aliphatic rings. The molecule has 1 aliphatic heterocycles. The van der Waals surface area contributed by atoms with Gasteiger partial charge in [-0.05, 0) is 46.1 Å². The largest absolute Gasteiger partial charge is 0.496 e. The van der Waals surface area contributed by atoms with E-state index in [9.17, 15) is 5.11 Å². The number of anilines is 1. The molecule has 0 radical (unpaired) electrons. The minimum Gasteiger partial charge on any atom is -0.496 e. The Balaban J connectivity index is 1.86. The lowest BCUT2D eigenvalue weighted by molar-refractivity contribution is 0.164. The van der Waals surface area contributed by atoms with Crippen LogP contribution in [0.25, 0.3) is 0 Å². The summed E-state index contributed by atoms with van der Waals surface area (Å²) in [6, 6.07) is 14.2. The first kappa shape index (κ1) is 14.4. The number of hydrogen-bond acceptors (Lipinski definition) is 3. The number of para-hydroxylation sites is 1. The molecule has 0 amide bonds. The molecule has 0 aliphatic carbocycles. The number of methoxy groups -OCH3 is 1. The third-order valence-electron chi connectivity index (χ3n) is 3.90. The molecule has 21 heavy (non-hydrogen) atoms. The highest BCUT2D eigenvalue weighted by atomic mass is 79.9. The van der Waals surface area contributed by atoms with E-state index in [0.29, 0.717) is 0 Å². The standard InChI is InChI=1S/C17H18BrNO2/c1-21-17-7-6-12(10-14(17)18)11-19-9-8-16(20)13-4-2-3-5-15(13)19/h2-7,10,16,20H,8-9,11H2,1H3. The molecular formula is C17H18BrNO2. The van der Waals surface area contributed by atoms with Gasteiger partial charge in [0.05, 0.1) is 17.7 Å². The van der Waals surface area contributed by atoms with Crippen molar-refractivity contribution >= 4 is 21.6 Å². The summed E-state index contributed by atoms with van der Waals surface area (Å²) in [5.74, 6) is 0.841. The lowest BCUT2D eigenvalue weighted by Crippen LogP contribution is -2.30. The topological polar surface area (TPSA) is 32.7 Å². The molecule has 3 nitrogen and oxygen atoms in total. The molecule has 0 fully saturated rings. The van der Waals surface area contributed by atoms with Gasteiger partial charge in [0.1, 0.15) is 5.75 Å². The lowest BCUT2D eigenvalue weighted by Gasteiger charge is -2.34. The first-order chi connectivity index (χ1) is 10.2. The Labute approximate surface area is 133 Å². The van der Waals surface area contributed by atoms with Crippen molar-refractivity contribution in [2.24, 2.45) is 0 Å². The van der Waals surface area contributed by atoms with Crippen molar-refractivity contribution in [1.29, 1.82) is 0 Å². The van der Waals surface area contributed by atoms with Crippen molar-refractivity contribution in [1.82, 2.24) is 0 Å². The zero-order chi connectivity index (χ0) is 14.8. The van der Waals surface area contributed by atoms with Gasteiger partial charge in [-0.1, -0.05) is 24.3 Å². The minimum atomic E-state index is -0.347. The van der Waals surface area contributed by atoms with E-state index < -0.39 is 0 Å². The molecule has 4 heteroatoms. The molecule has 0 spiro atoms. The molecular weight excluding hydrogens is 330 g/mol. The van der Waals surface area contributed by atoms with E-state index in [0.717, 1.165) is 41.0 Å². The SMILES string of the molecule is COc1ccc(CN2CCC(O)c3ccccc32)cc1Br. The van der Waals surface area contributed by atoms with E-state index in [1.54, 1.807) is 7.11 Å². The normalized spacial score (nSPS) is 17.5. The van der Waals surface area contributed by atoms with Crippen LogP contribution in [0.1, 0.15) is 23.7 Å². The predicted octanol–water partition coefficient (Wildman–Crippen LogP) is 3.90. The number of aliphatic hydroxyl groups is 1. The van der Waals surface area contributed by atoms with Crippen LogP contribution in [0.15, 0.2) is 46.9 Å². The molecule has 2 aromatic rings. The van der Waals surface area contributed by atoms with Crippen molar-refractivity contribution in [2.75, 3.05) is 18.6 Å². The van der Waals surface area contributed by atoms with Gasteiger partial charge in [-0.2, -0.15) is 0 Å². The van der Waals surface area contributed by atoms with E-state index in [1.165, 1.54) is 5.56 Å². The van der Waals surface area contributed by atoms with Crippen LogP contribution in [0, 0.1) is 0 Å². The Kier molecular flexibility index (Phi) is 4.17. The van der Waals surface area contributed by atoms with Crippen molar-refractivity contribution < 1.29 is 9.84 Å². The summed E-state index contributed by atoms with van der Waals surface area (Å²) in [5.41, 5.74) is 3.37. The molecule has 0 aromatic heterocycles. The maximum atomic E-state index is 10.1. The third kappa shape index (κ3) is 2.92. The summed E-state index contributed by atoms with van der Waals surface area (Å²) in [6.07, 6.45) is 0.425. The summed E-state index contributed by atoms with van der Waals surface area (Å²) in [5, 5.41) is 10.1. The molecule has 110 valence electrons. The molecule has 2 aromatic carbocycles. The smallest absolute Gasteiger partial charge is 0.133 e. The summed E-state index contributed by atoms with van der Waals surface area (Å²) >= 11 is 3.53. The van der Waals surface area contributed by atoms with Crippen LogP contribution >= 0.6 is 15.9 Å². The number of fused-ring (bicyclic) bond motifs is 1. The number of hydrogen-bond donors (Lipinski definition) is 1. The Hall–Kier alpha value is -1.52. The Bertz CT molecular complexity index is 644. The molecule has 0 saturated carbocycles. The average molecular weight is 348 g/mol. The highest BCUT2D eigenvalue weighted by molar-refractivity contribution is 9.10. The fraction of sp³-hybridized carbons (Fsp3) is 0.294. The molecule has 0 bridgehead atoms. The molecule has 1 atom stereocenters. The zero-order valence-electron chi connectivity index (χ0n) is 11.9. The maximum Gasteiger partial charge on any atom is 0.133 e. The van der Waals surface area contributed by atoms with Gasteiger partial charge >= 0.3 is 0 Å². The summed E-state index contributed by atoms with van der Waals surface area (Å²) in [7, 11) is 1.67. The van der Waals surface area contributed by atoms with Gasteiger partial charge in [0.15, 0.2) is 0 Å². The van der Waals surface area contributed by atoms with Crippen molar-refractivity contribution in [2.45, 2.75) is 19.1 Å². The first-order valence-corrected chi connectivity index (χ1v) is 7.82. The quantitative estimate of drug-likeness (QED) is 0.913. The second-order valence-corrected chi connectivity index (χ2v) is 6.11. The molecule has 1 N–H and O–H groups in total. The van der Waals surface area contributed by atoms with Crippen LogP contribution in [-0.2, 0) is 6.54 Å². The van der Waals surface area contributed by atoms with Gasteiger partial charge < -0.3 is 14.7 Å². The minimum absolute atomic E-state index is 0.347. The van der Waals surface area contributed by atoms with Gasteiger partial charge in [0.2, 0.25) is 0 Å². The summed E-state index contributed by atoms with van der Waals surface area (Å²) in [6.45, 7) is 1.69. The summed E-state index contributed by atoms with van der Waals surface area (Å²) in [4.78, 5) is 2.32. The van der Waals surface area contributed by atoms with E-state index in [2.05, 4.69) is 39.0 Å². The number of halogens is 1. The lowest BCUT2D eigenvalue weighted by atomic mass is 9.98. The van der Waals surface area contributed by atoms with Crippen molar-refractivity contribution in [3.8, 4) is 5.75 Å². The maximum absolute atomic E-state index is 10.1. The van der Waals surface area contributed by atoms with Gasteiger partial charge in [0.25, 0.3) is 0 Å². The van der Waals surface area contributed by atoms with Crippen LogP contribution in [0.5, 0.6) is 5.75 Å². The van der Waals surface area contributed by atoms with Crippen LogP contribution in [-0.4, -0.2) is 18.8 Å². The van der Waals surface area contributed by atoms with E-state index in [-0.39, 0.29) is 6.10 Å². The number of ether oxygens (including phenoxy) is 1. The van der Waals surface area contributed by atoms with Crippen molar-refractivity contribution in [3.05, 3.63) is 58.1 Å². The second kappa shape index (κ2) is 6.08. The van der Waals surface area contributed by atoms with E-state index in [1.807, 2.05) is 24.3 Å². The summed E-state index contributed by atoms with van der Waals surface area (Å²) < 4.78 is 6.23. The van der Waals surface area contributed by atoms with Crippen LogP contribution < -0.4 is 9.64 Å². The van der Waals surface area contributed by atoms with Crippen LogP contribution in [0.3, 0.4) is 0 Å². The van der Waals surface area contributed by atoms with Gasteiger partial charge in [-0.25, -0.2) is 0 Å². The van der Waals surface area contributed by atoms with E-state index in [4.69, 9.17) is 4.74 Å². The molecule has 1 unspecified atom stereocenters. The Morgan fingerprint density at radius 1 is 1.29 bits per heavy atom. The van der Waals surface area contributed by atoms with E-state index >= 15 is 0 Å². The fourth-order valence-electron chi connectivity index (χ4n) is 2.80. The Morgan fingerprint density at radius 3 is 2.86 bits per heavy atom. The molecule has 0 saturated heterocycles. The first-order valence-electron chi connectivity index (χ1n) is 7.03. The third-order valence-corrected chi connectivity index (χ3v) is 4.52. The van der Waals surface area contributed by atoms with Gasteiger partial charge in [0, 0.05) is 24.3 Å². The number of nitrogens with zero attached hydrogens (tertiary/aromatic N) is 1. The van der Waals surface area contributed by atoms with Crippen molar-refractivity contribution in [3.63, 3.8) is 0 Å². The number of benzene rings is 2. The fourth-order valence-corrected chi connectivity index (χ4v) is 3.39. The molecule has 3 rings (SSSR count). The Morgan fingerprint density at radius 2 is 2.10 bits per heavy atom. The predicted molar refractivity (Wildman–Crippen MR) is 87.8 cm³/mol. The molecule has 1 heterocycles. The van der Waals surface area contributed by atoms with Gasteiger partial charge in [-0.15, -0.1) is 0 Å². The number of aliphatic hydroxyl groups excluding tert-OH is 1. The highest BCUT2D eigenvalue weighted by Crippen LogP contribution is 2.35. The average Bonchev–Trinajstić information content (AvgIpc) is 2.51. The van der Waals surface area contributed by atoms with Crippen LogP contribution in [0.4, 0.5) is 5.69 Å². The van der Waals surface area contributed by atoms with Crippen LogP contribution in [0.2, 0.25) is 0 Å². The zero-order valence-corrected chi connectivity index (χ0v) is 13.5. The highest BCUT2D eigenvalue weighted by Gasteiger charge is 2.23. The number of rotatable bonds is 3. The monoisotopic (exact) mass is 347 g/mol.